The number of halogens is 1. The van der Waals surface area contributed by atoms with E-state index in [1.807, 2.05) is 18.2 Å². The topological polar surface area (TPSA) is 21.3 Å². The molecule has 0 unspecified atom stereocenters. The van der Waals surface area contributed by atoms with E-state index in [0.29, 0.717) is 6.04 Å². The first kappa shape index (κ1) is 16.0. The van der Waals surface area contributed by atoms with Crippen LogP contribution >= 0.6 is 0 Å². The fourth-order valence-electron chi connectivity index (χ4n) is 3.38. The number of hydrogen-bond acceptors (Lipinski definition) is 2. The van der Waals surface area contributed by atoms with Crippen molar-refractivity contribution in [2.24, 2.45) is 0 Å². The van der Waals surface area contributed by atoms with E-state index in [1.165, 1.54) is 36.1 Å². The van der Waals surface area contributed by atoms with Crippen molar-refractivity contribution in [2.75, 3.05) is 7.11 Å². The molecule has 0 aliphatic carbocycles. The Balaban J connectivity index is 1.95. The lowest BCUT2D eigenvalue weighted by atomic mass is 9.85. The molecule has 2 nitrogen and oxygen atoms in total. The van der Waals surface area contributed by atoms with Crippen LogP contribution in [0.2, 0.25) is 0 Å². The molecular formula is C20H24FNO. The molecule has 1 heterocycles. The number of nitrogens with one attached hydrogen (secondary N) is 1. The van der Waals surface area contributed by atoms with Crippen molar-refractivity contribution in [3.05, 3.63) is 65.0 Å². The highest BCUT2D eigenvalue weighted by atomic mass is 19.1. The fraction of sp³-hybridized carbons (Fsp3) is 0.400. The number of rotatable bonds is 5. The molecule has 0 radical (unpaired) electrons. The van der Waals surface area contributed by atoms with Gasteiger partial charge in [0, 0.05) is 6.04 Å². The quantitative estimate of drug-likeness (QED) is 0.869. The Kier molecular flexibility index (Phi) is 4.97. The van der Waals surface area contributed by atoms with Gasteiger partial charge < -0.3 is 10.1 Å². The van der Waals surface area contributed by atoms with Crippen LogP contribution in [0, 0.1) is 5.82 Å². The van der Waals surface area contributed by atoms with Gasteiger partial charge in [0.2, 0.25) is 0 Å². The average molecular weight is 313 g/mol. The third-order valence-corrected chi connectivity index (χ3v) is 4.64. The maximum Gasteiger partial charge on any atom is 0.123 e. The molecule has 3 heteroatoms. The van der Waals surface area contributed by atoms with Gasteiger partial charge in [0.05, 0.1) is 13.2 Å². The molecule has 2 atom stereocenters. The minimum atomic E-state index is -0.193. The van der Waals surface area contributed by atoms with E-state index >= 15 is 0 Å². The van der Waals surface area contributed by atoms with Gasteiger partial charge in [-0.1, -0.05) is 38.0 Å². The molecule has 1 N–H and O–H groups in total. The number of unbranched alkanes of at least 4 members (excludes halogenated alkanes) is 1. The lowest BCUT2D eigenvalue weighted by Crippen LogP contribution is -2.39. The van der Waals surface area contributed by atoms with Crippen molar-refractivity contribution in [3.8, 4) is 5.75 Å². The van der Waals surface area contributed by atoms with E-state index in [1.54, 1.807) is 7.11 Å². The Morgan fingerprint density at radius 3 is 2.65 bits per heavy atom. The summed E-state index contributed by atoms with van der Waals surface area (Å²) in [5.74, 6) is 0.708. The predicted octanol–water partition coefficient (Wildman–Crippen LogP) is 4.63. The summed E-state index contributed by atoms with van der Waals surface area (Å²) < 4.78 is 18.6. The monoisotopic (exact) mass is 313 g/mol. The standard InChI is InChI=1S/C20H24FNO/c1-3-4-5-17-12-15-13-18(23-2)10-11-19(15)20(22-17)14-6-8-16(21)9-7-14/h6-11,13,17,20,22H,3-5,12H2,1-2H3/t17-,20-/m0/s1. The van der Waals surface area contributed by atoms with Gasteiger partial charge in [-0.3, -0.25) is 0 Å². The SMILES string of the molecule is CCCC[C@H]1Cc2cc(OC)ccc2[C@H](c2ccc(F)cc2)N1. The largest absolute Gasteiger partial charge is 0.497 e. The van der Waals surface area contributed by atoms with Crippen LogP contribution in [0.5, 0.6) is 5.75 Å². The summed E-state index contributed by atoms with van der Waals surface area (Å²) in [6.45, 7) is 2.22. The maximum absolute atomic E-state index is 13.3. The van der Waals surface area contributed by atoms with Crippen molar-refractivity contribution < 1.29 is 9.13 Å². The molecule has 0 fully saturated rings. The summed E-state index contributed by atoms with van der Waals surface area (Å²) in [5.41, 5.74) is 3.71. The van der Waals surface area contributed by atoms with Crippen molar-refractivity contribution in [1.82, 2.24) is 5.32 Å². The molecule has 0 saturated heterocycles. The Morgan fingerprint density at radius 1 is 1.17 bits per heavy atom. The predicted molar refractivity (Wildman–Crippen MR) is 91.4 cm³/mol. The van der Waals surface area contributed by atoms with E-state index in [4.69, 9.17) is 4.74 Å². The molecule has 2 aromatic carbocycles. The minimum Gasteiger partial charge on any atom is -0.497 e. The molecule has 0 saturated carbocycles. The van der Waals surface area contributed by atoms with E-state index < -0.39 is 0 Å². The van der Waals surface area contributed by atoms with Gasteiger partial charge in [0.1, 0.15) is 11.6 Å². The second-order valence-electron chi connectivity index (χ2n) is 6.26. The van der Waals surface area contributed by atoms with E-state index in [-0.39, 0.29) is 11.9 Å². The summed E-state index contributed by atoms with van der Waals surface area (Å²) >= 11 is 0. The number of hydrogen-bond donors (Lipinski definition) is 1. The van der Waals surface area contributed by atoms with Crippen molar-refractivity contribution >= 4 is 0 Å². The molecule has 1 aliphatic rings. The molecule has 23 heavy (non-hydrogen) atoms. The summed E-state index contributed by atoms with van der Waals surface area (Å²) in [6, 6.07) is 13.7. The number of methoxy groups -OCH3 is 1. The second-order valence-corrected chi connectivity index (χ2v) is 6.26. The number of ether oxygens (including phenoxy) is 1. The highest BCUT2D eigenvalue weighted by Gasteiger charge is 2.27. The second kappa shape index (κ2) is 7.14. The molecule has 3 rings (SSSR count). The molecular weight excluding hydrogens is 289 g/mol. The van der Waals surface area contributed by atoms with Gasteiger partial charge in [-0.25, -0.2) is 4.39 Å². The summed E-state index contributed by atoms with van der Waals surface area (Å²) in [5, 5.41) is 3.75. The third kappa shape index (κ3) is 3.56. The molecule has 0 spiro atoms. The zero-order valence-corrected chi connectivity index (χ0v) is 13.8. The first-order valence-corrected chi connectivity index (χ1v) is 8.39. The molecule has 0 bridgehead atoms. The Morgan fingerprint density at radius 2 is 1.96 bits per heavy atom. The summed E-state index contributed by atoms with van der Waals surface area (Å²) in [4.78, 5) is 0. The van der Waals surface area contributed by atoms with E-state index in [0.717, 1.165) is 24.2 Å². The molecule has 2 aromatic rings. The van der Waals surface area contributed by atoms with Crippen LogP contribution in [-0.4, -0.2) is 13.2 Å². The van der Waals surface area contributed by atoms with Crippen LogP contribution in [0.1, 0.15) is 48.9 Å². The molecule has 122 valence electrons. The van der Waals surface area contributed by atoms with Crippen LogP contribution < -0.4 is 10.1 Å². The van der Waals surface area contributed by atoms with Gasteiger partial charge in [-0.05, 0) is 53.8 Å². The average Bonchev–Trinajstić information content (AvgIpc) is 2.59. The van der Waals surface area contributed by atoms with Crippen LogP contribution in [-0.2, 0) is 6.42 Å². The van der Waals surface area contributed by atoms with E-state index in [2.05, 4.69) is 24.4 Å². The Labute approximate surface area is 137 Å². The number of benzene rings is 2. The number of fused-ring (bicyclic) bond motifs is 1. The summed E-state index contributed by atoms with van der Waals surface area (Å²) in [7, 11) is 1.70. The molecule has 0 aromatic heterocycles. The molecule has 1 aliphatic heterocycles. The molecule has 0 amide bonds. The van der Waals surface area contributed by atoms with Gasteiger partial charge in [0.25, 0.3) is 0 Å². The van der Waals surface area contributed by atoms with Gasteiger partial charge in [-0.15, -0.1) is 0 Å². The zero-order chi connectivity index (χ0) is 16.2. The van der Waals surface area contributed by atoms with Gasteiger partial charge >= 0.3 is 0 Å². The lowest BCUT2D eigenvalue weighted by Gasteiger charge is -2.34. The van der Waals surface area contributed by atoms with E-state index in [9.17, 15) is 4.39 Å². The third-order valence-electron chi connectivity index (χ3n) is 4.64. The van der Waals surface area contributed by atoms with Crippen LogP contribution in [0.3, 0.4) is 0 Å². The Hall–Kier alpha value is -1.87. The first-order chi connectivity index (χ1) is 11.2. The highest BCUT2D eigenvalue weighted by molar-refractivity contribution is 5.44. The van der Waals surface area contributed by atoms with Crippen LogP contribution in [0.15, 0.2) is 42.5 Å². The lowest BCUT2D eigenvalue weighted by molar-refractivity contribution is 0.395. The Bertz CT molecular complexity index is 653. The highest BCUT2D eigenvalue weighted by Crippen LogP contribution is 2.34. The van der Waals surface area contributed by atoms with Crippen LogP contribution in [0.25, 0.3) is 0 Å². The summed E-state index contributed by atoms with van der Waals surface area (Å²) in [6.07, 6.45) is 4.59. The zero-order valence-electron chi connectivity index (χ0n) is 13.8. The fourth-order valence-corrected chi connectivity index (χ4v) is 3.38. The van der Waals surface area contributed by atoms with Gasteiger partial charge in [0.15, 0.2) is 0 Å². The van der Waals surface area contributed by atoms with Crippen LogP contribution in [0.4, 0.5) is 4.39 Å². The van der Waals surface area contributed by atoms with Crippen molar-refractivity contribution in [3.63, 3.8) is 0 Å². The van der Waals surface area contributed by atoms with Crippen molar-refractivity contribution in [1.29, 1.82) is 0 Å². The smallest absolute Gasteiger partial charge is 0.123 e. The minimum absolute atomic E-state index is 0.118. The maximum atomic E-state index is 13.3. The van der Waals surface area contributed by atoms with Gasteiger partial charge in [-0.2, -0.15) is 0 Å². The first-order valence-electron chi connectivity index (χ1n) is 8.39. The van der Waals surface area contributed by atoms with Crippen molar-refractivity contribution in [2.45, 2.75) is 44.7 Å². The normalized spacial score (nSPS) is 20.1.